The summed E-state index contributed by atoms with van der Waals surface area (Å²) in [5.74, 6) is 0.910. The van der Waals surface area contributed by atoms with Gasteiger partial charge in [0.1, 0.15) is 5.75 Å². The van der Waals surface area contributed by atoms with Crippen LogP contribution in [0.3, 0.4) is 0 Å². The minimum Gasteiger partial charge on any atom is -0.497 e. The number of methoxy groups -OCH3 is 1. The second-order valence-electron chi connectivity index (χ2n) is 2.22. The monoisotopic (exact) mass is 152 g/mol. The van der Waals surface area contributed by atoms with Gasteiger partial charge in [0.05, 0.1) is 7.11 Å². The van der Waals surface area contributed by atoms with Crippen LogP contribution in [0.4, 0.5) is 0 Å². The van der Waals surface area contributed by atoms with Crippen LogP contribution in [-0.2, 0) is 0 Å². The van der Waals surface area contributed by atoms with Crippen molar-refractivity contribution in [1.29, 1.82) is 0 Å². The number of ether oxygens (including phenoxy) is 1. The summed E-state index contributed by atoms with van der Waals surface area (Å²) in [5, 5.41) is 0. The predicted molar refractivity (Wildman–Crippen MR) is 49.0 cm³/mol. The summed E-state index contributed by atoms with van der Waals surface area (Å²) in [6, 6.07) is 9.68. The molecule has 1 heteroatoms. The number of rotatable bonds is 1. The van der Waals surface area contributed by atoms with Crippen molar-refractivity contribution in [3.63, 3.8) is 0 Å². The molecule has 0 amide bonds. The molecule has 11 heavy (non-hydrogen) atoms. The molecule has 0 fully saturated rings. The maximum atomic E-state index is 4.91. The van der Waals surface area contributed by atoms with E-state index in [-0.39, 0.29) is 0 Å². The predicted octanol–water partition coefficient (Wildman–Crippen LogP) is 3.11. The number of hydrogen-bond donors (Lipinski definition) is 0. The molecule has 0 bridgehead atoms. The van der Waals surface area contributed by atoms with Crippen molar-refractivity contribution >= 4 is 0 Å². The molecule has 1 aromatic carbocycles. The first-order valence-electron chi connectivity index (χ1n) is 3.94. The minimum absolute atomic E-state index is 0.910. The molecular weight excluding hydrogens is 136 g/mol. The molecule has 0 saturated heterocycles. The molecule has 0 aliphatic carbocycles. The van der Waals surface area contributed by atoms with E-state index >= 15 is 0 Å². The Hall–Kier alpha value is -0.980. The molecule has 0 unspecified atom stereocenters. The number of benzene rings is 1. The lowest BCUT2D eigenvalue weighted by Crippen LogP contribution is -1.78. The van der Waals surface area contributed by atoms with Crippen molar-refractivity contribution in [3.05, 3.63) is 30.3 Å². The van der Waals surface area contributed by atoms with E-state index in [1.54, 1.807) is 7.11 Å². The highest BCUT2D eigenvalue weighted by Crippen LogP contribution is 2.05. The Bertz CT molecular complexity index is 158. The second-order valence-corrected chi connectivity index (χ2v) is 2.22. The summed E-state index contributed by atoms with van der Waals surface area (Å²) < 4.78 is 4.91. The van der Waals surface area contributed by atoms with Crippen molar-refractivity contribution in [2.45, 2.75) is 20.3 Å². The molecule has 0 aliphatic rings. The van der Waals surface area contributed by atoms with Gasteiger partial charge < -0.3 is 4.74 Å². The summed E-state index contributed by atoms with van der Waals surface area (Å²) in [6.45, 7) is 4.25. The van der Waals surface area contributed by atoms with Crippen LogP contribution in [0.2, 0.25) is 0 Å². The Kier molecular flexibility index (Phi) is 6.50. The number of hydrogen-bond acceptors (Lipinski definition) is 1. The quantitative estimate of drug-likeness (QED) is 0.600. The average molecular weight is 152 g/mol. The van der Waals surface area contributed by atoms with Gasteiger partial charge in [-0.25, -0.2) is 0 Å². The molecule has 0 saturated carbocycles. The summed E-state index contributed by atoms with van der Waals surface area (Å²) in [5.41, 5.74) is 0. The van der Waals surface area contributed by atoms with Crippen LogP contribution in [0.1, 0.15) is 20.3 Å². The zero-order valence-electron chi connectivity index (χ0n) is 7.50. The van der Waals surface area contributed by atoms with E-state index in [2.05, 4.69) is 13.8 Å². The Morgan fingerprint density at radius 2 is 1.55 bits per heavy atom. The highest BCUT2D eigenvalue weighted by Gasteiger charge is 1.80. The SMILES string of the molecule is CCC.COc1ccccc1. The molecule has 0 spiro atoms. The van der Waals surface area contributed by atoms with Crippen LogP contribution in [0.5, 0.6) is 5.75 Å². The van der Waals surface area contributed by atoms with E-state index in [1.165, 1.54) is 6.42 Å². The number of para-hydroxylation sites is 1. The van der Waals surface area contributed by atoms with Gasteiger partial charge in [-0.1, -0.05) is 38.5 Å². The highest BCUT2D eigenvalue weighted by atomic mass is 16.5. The van der Waals surface area contributed by atoms with E-state index in [0.29, 0.717) is 0 Å². The van der Waals surface area contributed by atoms with Crippen LogP contribution in [0.25, 0.3) is 0 Å². The maximum absolute atomic E-state index is 4.91. The van der Waals surface area contributed by atoms with Crippen LogP contribution >= 0.6 is 0 Å². The van der Waals surface area contributed by atoms with Crippen molar-refractivity contribution in [2.24, 2.45) is 0 Å². The normalized spacial score (nSPS) is 7.91. The summed E-state index contributed by atoms with van der Waals surface area (Å²) >= 11 is 0. The molecule has 0 atom stereocenters. The summed E-state index contributed by atoms with van der Waals surface area (Å²) in [7, 11) is 1.66. The van der Waals surface area contributed by atoms with Crippen LogP contribution in [0, 0.1) is 0 Å². The molecule has 1 rings (SSSR count). The van der Waals surface area contributed by atoms with E-state index in [9.17, 15) is 0 Å². The van der Waals surface area contributed by atoms with E-state index in [0.717, 1.165) is 5.75 Å². The zero-order valence-corrected chi connectivity index (χ0v) is 7.50. The molecular formula is C10H16O. The first-order chi connectivity index (χ1) is 5.35. The Balaban J connectivity index is 0.000000292. The fourth-order valence-electron chi connectivity index (χ4n) is 0.557. The Labute approximate surface area is 69.0 Å². The molecule has 0 aliphatic heterocycles. The Morgan fingerprint density at radius 3 is 1.82 bits per heavy atom. The summed E-state index contributed by atoms with van der Waals surface area (Å²) in [6.07, 6.45) is 1.25. The molecule has 0 radical (unpaired) electrons. The molecule has 62 valence electrons. The average Bonchev–Trinajstić information content (AvgIpc) is 2.08. The van der Waals surface area contributed by atoms with Gasteiger partial charge >= 0.3 is 0 Å². The molecule has 0 aromatic heterocycles. The van der Waals surface area contributed by atoms with Crippen LogP contribution in [0.15, 0.2) is 30.3 Å². The van der Waals surface area contributed by atoms with Gasteiger partial charge in [0, 0.05) is 0 Å². The second kappa shape index (κ2) is 7.13. The van der Waals surface area contributed by atoms with E-state index in [1.807, 2.05) is 30.3 Å². The minimum atomic E-state index is 0.910. The van der Waals surface area contributed by atoms with E-state index < -0.39 is 0 Å². The van der Waals surface area contributed by atoms with Crippen LogP contribution in [-0.4, -0.2) is 7.11 Å². The van der Waals surface area contributed by atoms with Crippen molar-refractivity contribution in [2.75, 3.05) is 7.11 Å². The lowest BCUT2D eigenvalue weighted by atomic mass is 10.3. The maximum Gasteiger partial charge on any atom is 0.118 e. The van der Waals surface area contributed by atoms with Gasteiger partial charge in [0.15, 0.2) is 0 Å². The third kappa shape index (κ3) is 5.46. The van der Waals surface area contributed by atoms with Gasteiger partial charge in [0.25, 0.3) is 0 Å². The standard InChI is InChI=1S/C7H8O.C3H8/c1-8-7-5-3-2-4-6-7;1-3-2/h2-6H,1H3;3H2,1-2H3. The van der Waals surface area contributed by atoms with Gasteiger partial charge in [-0.05, 0) is 12.1 Å². The van der Waals surface area contributed by atoms with Crippen molar-refractivity contribution in [1.82, 2.24) is 0 Å². The first-order valence-corrected chi connectivity index (χ1v) is 3.94. The van der Waals surface area contributed by atoms with Crippen LogP contribution < -0.4 is 4.74 Å². The Morgan fingerprint density at radius 1 is 1.09 bits per heavy atom. The third-order valence-corrected chi connectivity index (χ3v) is 0.979. The fourth-order valence-corrected chi connectivity index (χ4v) is 0.557. The highest BCUT2D eigenvalue weighted by molar-refractivity contribution is 5.20. The lowest BCUT2D eigenvalue weighted by Gasteiger charge is -1.93. The van der Waals surface area contributed by atoms with Gasteiger partial charge in [-0.3, -0.25) is 0 Å². The molecule has 0 heterocycles. The lowest BCUT2D eigenvalue weighted by molar-refractivity contribution is 0.415. The van der Waals surface area contributed by atoms with Gasteiger partial charge in [-0.15, -0.1) is 0 Å². The van der Waals surface area contributed by atoms with Gasteiger partial charge in [0.2, 0.25) is 0 Å². The third-order valence-electron chi connectivity index (χ3n) is 0.979. The van der Waals surface area contributed by atoms with Gasteiger partial charge in [-0.2, -0.15) is 0 Å². The zero-order chi connectivity index (χ0) is 8.53. The van der Waals surface area contributed by atoms with E-state index in [4.69, 9.17) is 4.74 Å². The summed E-state index contributed by atoms with van der Waals surface area (Å²) in [4.78, 5) is 0. The van der Waals surface area contributed by atoms with Crippen molar-refractivity contribution < 1.29 is 4.74 Å². The molecule has 1 aromatic rings. The molecule has 0 N–H and O–H groups in total. The fraction of sp³-hybridized carbons (Fsp3) is 0.400. The molecule has 1 nitrogen and oxygen atoms in total. The smallest absolute Gasteiger partial charge is 0.118 e. The van der Waals surface area contributed by atoms with Crippen molar-refractivity contribution in [3.8, 4) is 5.75 Å². The first kappa shape index (κ1) is 10.0. The topological polar surface area (TPSA) is 9.23 Å². The largest absolute Gasteiger partial charge is 0.497 e.